The number of amides is 1. The van der Waals surface area contributed by atoms with E-state index < -0.39 is 5.97 Å². The summed E-state index contributed by atoms with van der Waals surface area (Å²) in [5.74, 6) is -1.35. The lowest BCUT2D eigenvalue weighted by Crippen LogP contribution is -2.34. The molecular formula is C11H10Br2N2O3S. The Balaban J connectivity index is 3.03. The van der Waals surface area contributed by atoms with Crippen LogP contribution in [0, 0.1) is 0 Å². The zero-order valence-corrected chi connectivity index (χ0v) is 13.8. The van der Waals surface area contributed by atoms with Crippen LogP contribution in [0.5, 0.6) is 0 Å². The van der Waals surface area contributed by atoms with Crippen molar-refractivity contribution in [1.82, 2.24) is 5.32 Å². The Hall–Kier alpha value is -0.990. The Morgan fingerprint density at radius 3 is 2.53 bits per heavy atom. The molecule has 0 aromatic heterocycles. The molecule has 1 aromatic carbocycles. The highest BCUT2D eigenvalue weighted by Crippen LogP contribution is 2.30. The molecule has 0 saturated heterocycles. The summed E-state index contributed by atoms with van der Waals surface area (Å²) in [6.07, 6.45) is 0.287. The molecule has 0 unspecified atom stereocenters. The molecule has 0 aliphatic heterocycles. The molecule has 1 aromatic rings. The fourth-order valence-electron chi connectivity index (χ4n) is 1.23. The molecule has 0 aliphatic rings. The summed E-state index contributed by atoms with van der Waals surface area (Å²) in [6.45, 7) is 1.69. The number of benzene rings is 1. The van der Waals surface area contributed by atoms with E-state index in [1.165, 1.54) is 6.07 Å². The minimum Gasteiger partial charge on any atom is -0.478 e. The maximum absolute atomic E-state index is 11.2. The van der Waals surface area contributed by atoms with E-state index in [0.29, 0.717) is 8.95 Å². The smallest absolute Gasteiger partial charge is 0.337 e. The highest BCUT2D eigenvalue weighted by Gasteiger charge is 2.16. The van der Waals surface area contributed by atoms with Gasteiger partial charge in [-0.05, 0) is 40.3 Å². The molecule has 0 radical (unpaired) electrons. The van der Waals surface area contributed by atoms with Crippen molar-refractivity contribution >= 4 is 66.8 Å². The molecule has 5 nitrogen and oxygen atoms in total. The molecule has 0 fully saturated rings. The van der Waals surface area contributed by atoms with Crippen molar-refractivity contribution < 1.29 is 14.7 Å². The predicted molar refractivity (Wildman–Crippen MR) is 83.5 cm³/mol. The lowest BCUT2D eigenvalue weighted by Gasteiger charge is -2.13. The minimum absolute atomic E-state index is 0.0364. The average Bonchev–Trinajstić information content (AvgIpc) is 2.31. The van der Waals surface area contributed by atoms with Crippen LogP contribution in [0.4, 0.5) is 5.69 Å². The normalized spacial score (nSPS) is 9.84. The van der Waals surface area contributed by atoms with Gasteiger partial charge in [0.15, 0.2) is 5.11 Å². The average molecular weight is 410 g/mol. The summed E-state index contributed by atoms with van der Waals surface area (Å²) in [5.41, 5.74) is 0.325. The van der Waals surface area contributed by atoms with Gasteiger partial charge in [-0.15, -0.1) is 0 Å². The first-order valence-corrected chi connectivity index (χ1v) is 7.17. The van der Waals surface area contributed by atoms with Crippen molar-refractivity contribution in [3.8, 4) is 0 Å². The number of hydrogen-bond donors (Lipinski definition) is 3. The molecule has 0 aliphatic carbocycles. The SMILES string of the molecule is CCC(=O)NC(=S)Nc1c(Br)cc(Br)cc1C(=O)O. The van der Waals surface area contributed by atoms with Crippen LogP contribution in [0.1, 0.15) is 23.7 Å². The third kappa shape index (κ3) is 4.55. The number of aromatic carboxylic acids is 1. The highest BCUT2D eigenvalue weighted by atomic mass is 79.9. The number of carboxylic acids is 1. The van der Waals surface area contributed by atoms with Crippen molar-refractivity contribution in [2.75, 3.05) is 5.32 Å². The van der Waals surface area contributed by atoms with E-state index in [9.17, 15) is 9.59 Å². The Morgan fingerprint density at radius 1 is 1.37 bits per heavy atom. The molecule has 1 amide bonds. The van der Waals surface area contributed by atoms with Gasteiger partial charge in [-0.3, -0.25) is 4.79 Å². The van der Waals surface area contributed by atoms with Gasteiger partial charge in [0.1, 0.15) is 0 Å². The Labute approximate surface area is 132 Å². The molecular weight excluding hydrogens is 400 g/mol. The molecule has 102 valence electrons. The summed E-state index contributed by atoms with van der Waals surface area (Å²) in [6, 6.07) is 3.12. The van der Waals surface area contributed by atoms with Crippen molar-refractivity contribution in [2.24, 2.45) is 0 Å². The topological polar surface area (TPSA) is 78.4 Å². The largest absolute Gasteiger partial charge is 0.478 e. The molecule has 1 rings (SSSR count). The Bertz CT molecular complexity index is 549. The second-order valence-corrected chi connectivity index (χ2v) is 5.65. The summed E-state index contributed by atoms with van der Waals surface area (Å²) < 4.78 is 1.14. The van der Waals surface area contributed by atoms with E-state index in [4.69, 9.17) is 17.3 Å². The number of thiocarbonyl (C=S) groups is 1. The van der Waals surface area contributed by atoms with Gasteiger partial charge in [-0.25, -0.2) is 4.79 Å². The molecule has 8 heteroatoms. The maximum Gasteiger partial charge on any atom is 0.337 e. The van der Waals surface area contributed by atoms with Gasteiger partial charge in [0.05, 0.1) is 11.3 Å². The molecule has 3 N–H and O–H groups in total. The van der Waals surface area contributed by atoms with E-state index in [0.717, 1.165) is 0 Å². The zero-order chi connectivity index (χ0) is 14.6. The van der Waals surface area contributed by atoms with Gasteiger partial charge < -0.3 is 15.7 Å². The Kier molecular flexibility index (Phi) is 5.89. The van der Waals surface area contributed by atoms with Gasteiger partial charge in [-0.2, -0.15) is 0 Å². The number of carbonyl (C=O) groups is 2. The first-order chi connectivity index (χ1) is 8.85. The standard InChI is InChI=1S/C11H10Br2N2O3S/c1-2-8(16)14-11(19)15-9-6(10(17)18)3-5(12)4-7(9)13/h3-4H,2H2,1H3,(H,17,18)(H2,14,15,16,19). The van der Waals surface area contributed by atoms with Gasteiger partial charge in [0, 0.05) is 15.4 Å². The lowest BCUT2D eigenvalue weighted by molar-refractivity contribution is -0.119. The molecule has 0 spiro atoms. The van der Waals surface area contributed by atoms with Crippen LogP contribution >= 0.6 is 44.1 Å². The number of carboxylic acid groups (broad SMARTS) is 1. The van der Waals surface area contributed by atoms with Gasteiger partial charge in [0.2, 0.25) is 5.91 Å². The second-order valence-electron chi connectivity index (χ2n) is 3.47. The lowest BCUT2D eigenvalue weighted by atomic mass is 10.2. The van der Waals surface area contributed by atoms with E-state index in [1.807, 2.05) is 0 Å². The monoisotopic (exact) mass is 408 g/mol. The van der Waals surface area contributed by atoms with Gasteiger partial charge >= 0.3 is 5.97 Å². The first kappa shape index (κ1) is 16.1. The minimum atomic E-state index is -1.10. The number of carbonyl (C=O) groups excluding carboxylic acids is 1. The van der Waals surface area contributed by atoms with Crippen LogP contribution < -0.4 is 10.6 Å². The summed E-state index contributed by atoms with van der Waals surface area (Å²) in [5, 5.41) is 14.3. The first-order valence-electron chi connectivity index (χ1n) is 5.18. The van der Waals surface area contributed by atoms with Crippen LogP contribution in [0.25, 0.3) is 0 Å². The summed E-state index contributed by atoms with van der Waals surface area (Å²) >= 11 is 11.4. The maximum atomic E-state index is 11.2. The van der Waals surface area contributed by atoms with Crippen molar-refractivity contribution in [2.45, 2.75) is 13.3 Å². The fraction of sp³-hybridized carbons (Fsp3) is 0.182. The molecule has 0 atom stereocenters. The number of hydrogen-bond acceptors (Lipinski definition) is 3. The van der Waals surface area contributed by atoms with Gasteiger partial charge in [-0.1, -0.05) is 22.9 Å². The number of halogens is 2. The van der Waals surface area contributed by atoms with Crippen LogP contribution in [0.15, 0.2) is 21.1 Å². The van der Waals surface area contributed by atoms with E-state index in [-0.39, 0.29) is 28.7 Å². The number of rotatable bonds is 3. The molecule has 0 saturated carbocycles. The quantitative estimate of drug-likeness (QED) is 0.668. The predicted octanol–water partition coefficient (Wildman–Crippen LogP) is 3.13. The highest BCUT2D eigenvalue weighted by molar-refractivity contribution is 9.11. The van der Waals surface area contributed by atoms with Crippen LogP contribution in [0.3, 0.4) is 0 Å². The molecule has 19 heavy (non-hydrogen) atoms. The van der Waals surface area contributed by atoms with Crippen molar-refractivity contribution in [3.63, 3.8) is 0 Å². The fourth-order valence-corrected chi connectivity index (χ4v) is 2.77. The van der Waals surface area contributed by atoms with Crippen LogP contribution in [-0.2, 0) is 4.79 Å². The van der Waals surface area contributed by atoms with Crippen molar-refractivity contribution in [3.05, 3.63) is 26.6 Å². The van der Waals surface area contributed by atoms with E-state index >= 15 is 0 Å². The third-order valence-electron chi connectivity index (χ3n) is 2.10. The Morgan fingerprint density at radius 2 is 2.00 bits per heavy atom. The van der Waals surface area contributed by atoms with E-state index in [1.54, 1.807) is 13.0 Å². The van der Waals surface area contributed by atoms with Crippen LogP contribution in [-0.4, -0.2) is 22.1 Å². The van der Waals surface area contributed by atoms with Gasteiger partial charge in [0.25, 0.3) is 0 Å². The number of nitrogens with one attached hydrogen (secondary N) is 2. The third-order valence-corrected chi connectivity index (χ3v) is 3.39. The molecule has 0 heterocycles. The zero-order valence-electron chi connectivity index (χ0n) is 9.79. The van der Waals surface area contributed by atoms with Crippen LogP contribution in [0.2, 0.25) is 0 Å². The van der Waals surface area contributed by atoms with Crippen molar-refractivity contribution in [1.29, 1.82) is 0 Å². The molecule has 0 bridgehead atoms. The second kappa shape index (κ2) is 6.97. The number of anilines is 1. The summed E-state index contributed by atoms with van der Waals surface area (Å²) in [7, 11) is 0. The van der Waals surface area contributed by atoms with E-state index in [2.05, 4.69) is 42.5 Å². The summed E-state index contributed by atoms with van der Waals surface area (Å²) in [4.78, 5) is 22.4.